The third-order valence-electron chi connectivity index (χ3n) is 3.47. The highest BCUT2D eigenvalue weighted by atomic mass is 16.5. The second kappa shape index (κ2) is 6.23. The van der Waals surface area contributed by atoms with Gasteiger partial charge in [-0.05, 0) is 18.8 Å². The highest BCUT2D eigenvalue weighted by Gasteiger charge is 2.29. The van der Waals surface area contributed by atoms with Crippen LogP contribution < -0.4 is 5.73 Å². The van der Waals surface area contributed by atoms with E-state index in [1.807, 2.05) is 0 Å². The number of hydrogen-bond donors (Lipinski definition) is 1. The molecule has 0 saturated heterocycles. The molecule has 3 heteroatoms. The molecule has 0 radical (unpaired) electrons. The molecule has 15 heavy (non-hydrogen) atoms. The lowest BCUT2D eigenvalue weighted by Gasteiger charge is -2.28. The summed E-state index contributed by atoms with van der Waals surface area (Å²) in [5.74, 6) is 1.12. The molecule has 0 aromatic heterocycles. The Balaban J connectivity index is 2.44. The van der Waals surface area contributed by atoms with Gasteiger partial charge in [-0.2, -0.15) is 0 Å². The molecule has 0 spiro atoms. The molecule has 1 aliphatic rings. The number of hydrogen-bond acceptors (Lipinski definition) is 3. The Hall–Kier alpha value is -0.410. The number of methoxy groups -OCH3 is 1. The topological polar surface area (TPSA) is 52.3 Å². The Morgan fingerprint density at radius 3 is 2.87 bits per heavy atom. The predicted octanol–water partition coefficient (Wildman–Crippen LogP) is 1.75. The van der Waals surface area contributed by atoms with Gasteiger partial charge in [0.1, 0.15) is 0 Å². The van der Waals surface area contributed by atoms with E-state index < -0.39 is 6.04 Å². The van der Waals surface area contributed by atoms with Gasteiger partial charge < -0.3 is 10.5 Å². The Morgan fingerprint density at radius 1 is 1.53 bits per heavy atom. The van der Waals surface area contributed by atoms with Gasteiger partial charge in [-0.1, -0.05) is 26.2 Å². The molecule has 0 bridgehead atoms. The summed E-state index contributed by atoms with van der Waals surface area (Å²) >= 11 is 0. The molecule has 3 atom stereocenters. The zero-order valence-electron chi connectivity index (χ0n) is 9.87. The molecular weight excluding hydrogens is 190 g/mol. The fourth-order valence-electron chi connectivity index (χ4n) is 2.48. The second-order valence-corrected chi connectivity index (χ2v) is 4.60. The van der Waals surface area contributed by atoms with Gasteiger partial charge in [0.25, 0.3) is 0 Å². The van der Waals surface area contributed by atoms with E-state index in [0.29, 0.717) is 6.61 Å². The van der Waals surface area contributed by atoms with Gasteiger partial charge in [-0.25, -0.2) is 0 Å². The van der Waals surface area contributed by atoms with Crippen LogP contribution in [-0.2, 0) is 9.53 Å². The molecule has 1 saturated carbocycles. The molecule has 2 N–H and O–H groups in total. The summed E-state index contributed by atoms with van der Waals surface area (Å²) in [4.78, 5) is 11.9. The number of ether oxygens (including phenoxy) is 1. The van der Waals surface area contributed by atoms with Gasteiger partial charge in [0.05, 0.1) is 12.6 Å². The number of carbonyl (C=O) groups excluding carboxylic acids is 1. The fraction of sp³-hybridized carbons (Fsp3) is 0.917. The summed E-state index contributed by atoms with van der Waals surface area (Å²) < 4.78 is 4.92. The van der Waals surface area contributed by atoms with Crippen LogP contribution in [0.4, 0.5) is 0 Å². The maximum Gasteiger partial charge on any atom is 0.154 e. The van der Waals surface area contributed by atoms with Crippen molar-refractivity contribution >= 4 is 5.78 Å². The molecule has 0 aliphatic heterocycles. The number of Topliss-reactive ketones (excluding diaryl/α,β-unsaturated/α-hetero) is 1. The summed E-state index contributed by atoms with van der Waals surface area (Å²) in [5.41, 5.74) is 5.77. The zero-order valence-corrected chi connectivity index (χ0v) is 9.87. The van der Waals surface area contributed by atoms with Crippen molar-refractivity contribution in [2.24, 2.45) is 17.6 Å². The van der Waals surface area contributed by atoms with Crippen LogP contribution in [0.3, 0.4) is 0 Å². The van der Waals surface area contributed by atoms with E-state index in [9.17, 15) is 4.79 Å². The number of nitrogens with two attached hydrogens (primary N) is 1. The van der Waals surface area contributed by atoms with Crippen LogP contribution in [0.2, 0.25) is 0 Å². The van der Waals surface area contributed by atoms with Crippen LogP contribution in [0, 0.1) is 11.8 Å². The van der Waals surface area contributed by atoms with Crippen LogP contribution in [0.15, 0.2) is 0 Å². The fourth-order valence-corrected chi connectivity index (χ4v) is 2.48. The van der Waals surface area contributed by atoms with Gasteiger partial charge >= 0.3 is 0 Å². The van der Waals surface area contributed by atoms with Gasteiger partial charge in [0, 0.05) is 13.0 Å². The van der Waals surface area contributed by atoms with Crippen molar-refractivity contribution < 1.29 is 9.53 Å². The first-order chi connectivity index (χ1) is 7.19. The van der Waals surface area contributed by atoms with Crippen molar-refractivity contribution in [3.63, 3.8) is 0 Å². The molecule has 0 amide bonds. The lowest BCUT2D eigenvalue weighted by molar-refractivity contribution is -0.126. The van der Waals surface area contributed by atoms with Gasteiger partial charge in [-0.3, -0.25) is 4.79 Å². The molecule has 1 rings (SSSR count). The maximum atomic E-state index is 11.9. The van der Waals surface area contributed by atoms with Crippen molar-refractivity contribution in [3.05, 3.63) is 0 Å². The lowest BCUT2D eigenvalue weighted by atomic mass is 9.77. The quantitative estimate of drug-likeness (QED) is 0.757. The van der Waals surface area contributed by atoms with E-state index in [1.165, 1.54) is 19.3 Å². The Morgan fingerprint density at radius 2 is 2.27 bits per heavy atom. The largest absolute Gasteiger partial charge is 0.383 e. The standard InChI is InChI=1S/C12H23NO2/c1-3-9-5-4-6-10(7-9)12(14)11(13)8-15-2/h9-11H,3-8,13H2,1-2H3. The Labute approximate surface area is 92.4 Å². The van der Waals surface area contributed by atoms with E-state index >= 15 is 0 Å². The van der Waals surface area contributed by atoms with E-state index in [0.717, 1.165) is 18.8 Å². The molecule has 88 valence electrons. The number of rotatable bonds is 5. The van der Waals surface area contributed by atoms with Crippen LogP contribution in [-0.4, -0.2) is 25.5 Å². The van der Waals surface area contributed by atoms with Crippen LogP contribution >= 0.6 is 0 Å². The maximum absolute atomic E-state index is 11.9. The van der Waals surface area contributed by atoms with Gasteiger partial charge in [0.15, 0.2) is 5.78 Å². The smallest absolute Gasteiger partial charge is 0.154 e. The molecule has 0 aromatic carbocycles. The van der Waals surface area contributed by atoms with Crippen molar-refractivity contribution in [2.45, 2.75) is 45.1 Å². The summed E-state index contributed by atoms with van der Waals surface area (Å²) in [6.07, 6.45) is 5.69. The normalized spacial score (nSPS) is 28.7. The third kappa shape index (κ3) is 3.58. The highest BCUT2D eigenvalue weighted by molar-refractivity contribution is 5.86. The highest BCUT2D eigenvalue weighted by Crippen LogP contribution is 2.31. The van der Waals surface area contributed by atoms with E-state index in [-0.39, 0.29) is 11.7 Å². The van der Waals surface area contributed by atoms with Gasteiger partial charge in [0.2, 0.25) is 0 Å². The summed E-state index contributed by atoms with van der Waals surface area (Å²) in [5, 5.41) is 0. The molecule has 3 nitrogen and oxygen atoms in total. The summed E-state index contributed by atoms with van der Waals surface area (Å²) in [6.45, 7) is 2.55. The minimum atomic E-state index is -0.421. The van der Waals surface area contributed by atoms with E-state index in [2.05, 4.69) is 6.92 Å². The monoisotopic (exact) mass is 213 g/mol. The predicted molar refractivity (Wildman–Crippen MR) is 60.6 cm³/mol. The number of ketones is 1. The molecule has 0 aromatic rings. The van der Waals surface area contributed by atoms with Gasteiger partial charge in [-0.15, -0.1) is 0 Å². The first kappa shape index (κ1) is 12.7. The molecule has 3 unspecified atom stereocenters. The summed E-state index contributed by atoms with van der Waals surface area (Å²) in [7, 11) is 1.59. The zero-order chi connectivity index (χ0) is 11.3. The number of carbonyl (C=O) groups is 1. The van der Waals surface area contributed by atoms with Crippen molar-refractivity contribution in [2.75, 3.05) is 13.7 Å². The van der Waals surface area contributed by atoms with Crippen molar-refractivity contribution in [1.82, 2.24) is 0 Å². The minimum Gasteiger partial charge on any atom is -0.383 e. The summed E-state index contributed by atoms with van der Waals surface area (Å²) in [6, 6.07) is -0.421. The molecule has 1 aliphatic carbocycles. The van der Waals surface area contributed by atoms with Crippen LogP contribution in [0.25, 0.3) is 0 Å². The first-order valence-electron chi connectivity index (χ1n) is 5.97. The average molecular weight is 213 g/mol. The lowest BCUT2D eigenvalue weighted by Crippen LogP contribution is -2.40. The minimum absolute atomic E-state index is 0.189. The van der Waals surface area contributed by atoms with E-state index in [1.54, 1.807) is 7.11 Å². The van der Waals surface area contributed by atoms with Crippen LogP contribution in [0.1, 0.15) is 39.0 Å². The van der Waals surface area contributed by atoms with Crippen molar-refractivity contribution in [1.29, 1.82) is 0 Å². The van der Waals surface area contributed by atoms with Crippen LogP contribution in [0.5, 0.6) is 0 Å². The third-order valence-corrected chi connectivity index (χ3v) is 3.47. The molecule has 0 heterocycles. The first-order valence-corrected chi connectivity index (χ1v) is 5.97. The SMILES string of the molecule is CCC1CCCC(C(=O)C(N)COC)C1. The van der Waals surface area contributed by atoms with E-state index in [4.69, 9.17) is 10.5 Å². The second-order valence-electron chi connectivity index (χ2n) is 4.60. The Bertz CT molecular complexity index is 206. The molecule has 1 fully saturated rings. The Kier molecular flexibility index (Phi) is 5.26. The average Bonchev–Trinajstić information content (AvgIpc) is 2.28. The van der Waals surface area contributed by atoms with Crippen molar-refractivity contribution in [3.8, 4) is 0 Å². The molecular formula is C12H23NO2.